The third kappa shape index (κ3) is 2.33. The van der Waals surface area contributed by atoms with E-state index in [1.54, 1.807) is 31.2 Å². The Bertz CT molecular complexity index is 681. The van der Waals surface area contributed by atoms with E-state index in [2.05, 4.69) is 10.3 Å². The lowest BCUT2D eigenvalue weighted by Gasteiger charge is -2.17. The predicted molar refractivity (Wildman–Crippen MR) is 74.3 cm³/mol. The van der Waals surface area contributed by atoms with Gasteiger partial charge < -0.3 is 5.32 Å². The number of carbonyl (C=O) groups is 1. The van der Waals surface area contributed by atoms with Gasteiger partial charge in [0.25, 0.3) is 5.56 Å². The van der Waals surface area contributed by atoms with Crippen LogP contribution >= 0.6 is 11.6 Å². The molecule has 0 radical (unpaired) electrons. The normalized spacial score (nSPS) is 12.4. The molecule has 0 aliphatic heterocycles. The second kappa shape index (κ2) is 5.40. The summed E-state index contributed by atoms with van der Waals surface area (Å²) in [6.45, 7) is 1.65. The van der Waals surface area contributed by atoms with Gasteiger partial charge in [0.2, 0.25) is 5.91 Å². The summed E-state index contributed by atoms with van der Waals surface area (Å²) < 4.78 is 1.34. The molecular formula is C13H14ClN3O2. The van der Waals surface area contributed by atoms with E-state index in [0.717, 1.165) is 0 Å². The number of alkyl halides is 1. The van der Waals surface area contributed by atoms with E-state index in [1.165, 1.54) is 11.6 Å². The van der Waals surface area contributed by atoms with Crippen LogP contribution in [0.5, 0.6) is 0 Å². The number of carbonyl (C=O) groups excluding carboxylic acids is 1. The molecule has 1 unspecified atom stereocenters. The third-order valence-corrected chi connectivity index (χ3v) is 3.25. The van der Waals surface area contributed by atoms with Crippen LogP contribution in [-0.2, 0) is 10.7 Å². The van der Waals surface area contributed by atoms with Crippen molar-refractivity contribution in [3.05, 3.63) is 40.4 Å². The van der Waals surface area contributed by atoms with Gasteiger partial charge in [-0.15, -0.1) is 11.6 Å². The smallest absolute Gasteiger partial charge is 0.262 e. The first kappa shape index (κ1) is 13.5. The molecule has 2 aromatic rings. The minimum absolute atomic E-state index is 0.0708. The highest BCUT2D eigenvalue weighted by molar-refractivity contribution is 6.16. The van der Waals surface area contributed by atoms with Gasteiger partial charge in [0.15, 0.2) is 0 Å². The average molecular weight is 280 g/mol. The van der Waals surface area contributed by atoms with Crippen molar-refractivity contribution in [2.24, 2.45) is 0 Å². The monoisotopic (exact) mass is 279 g/mol. The van der Waals surface area contributed by atoms with Crippen LogP contribution in [0.3, 0.4) is 0 Å². The summed E-state index contributed by atoms with van der Waals surface area (Å²) in [4.78, 5) is 28.5. The number of nitrogens with one attached hydrogen (secondary N) is 1. The van der Waals surface area contributed by atoms with Crippen molar-refractivity contribution in [3.63, 3.8) is 0 Å². The highest BCUT2D eigenvalue weighted by Gasteiger charge is 2.20. The Morgan fingerprint density at radius 3 is 2.79 bits per heavy atom. The molecule has 0 aliphatic carbocycles. The predicted octanol–water partition coefficient (Wildman–Crippen LogP) is 1.44. The third-order valence-electron chi connectivity index (χ3n) is 3.01. The Hall–Kier alpha value is -1.88. The molecular weight excluding hydrogens is 266 g/mol. The van der Waals surface area contributed by atoms with Gasteiger partial charge in [-0.2, -0.15) is 0 Å². The number of hydrogen-bond donors (Lipinski definition) is 1. The van der Waals surface area contributed by atoms with Gasteiger partial charge in [-0.1, -0.05) is 12.1 Å². The Morgan fingerprint density at radius 2 is 2.16 bits per heavy atom. The maximum atomic E-state index is 12.5. The van der Waals surface area contributed by atoms with Gasteiger partial charge in [0, 0.05) is 7.05 Å². The second-order valence-electron chi connectivity index (χ2n) is 4.14. The summed E-state index contributed by atoms with van der Waals surface area (Å²) in [5.74, 6) is 0.202. The number of rotatable bonds is 3. The zero-order valence-corrected chi connectivity index (χ0v) is 11.4. The van der Waals surface area contributed by atoms with Gasteiger partial charge >= 0.3 is 0 Å². The van der Waals surface area contributed by atoms with Gasteiger partial charge in [-0.25, -0.2) is 4.98 Å². The molecule has 0 spiro atoms. The van der Waals surface area contributed by atoms with Gasteiger partial charge in [-0.3, -0.25) is 14.2 Å². The Balaban J connectivity index is 2.75. The quantitative estimate of drug-likeness (QED) is 0.865. The number of aromatic nitrogens is 2. The van der Waals surface area contributed by atoms with Crippen LogP contribution < -0.4 is 10.9 Å². The maximum absolute atomic E-state index is 12.5. The fraction of sp³-hybridized carbons (Fsp3) is 0.308. The Kier molecular flexibility index (Phi) is 3.85. The zero-order valence-electron chi connectivity index (χ0n) is 10.7. The first-order valence-corrected chi connectivity index (χ1v) is 6.41. The van der Waals surface area contributed by atoms with Crippen molar-refractivity contribution < 1.29 is 4.79 Å². The van der Waals surface area contributed by atoms with Crippen LogP contribution in [0.25, 0.3) is 10.9 Å². The molecule has 1 aromatic heterocycles. The van der Waals surface area contributed by atoms with Crippen LogP contribution in [0, 0.1) is 0 Å². The molecule has 19 heavy (non-hydrogen) atoms. The van der Waals surface area contributed by atoms with E-state index in [4.69, 9.17) is 11.6 Å². The first-order valence-electron chi connectivity index (χ1n) is 5.88. The minimum atomic E-state index is -0.650. The number of nitrogens with zero attached hydrogens (tertiary/aromatic N) is 2. The molecule has 0 bridgehead atoms. The zero-order chi connectivity index (χ0) is 14.0. The molecule has 0 aliphatic rings. The summed E-state index contributed by atoms with van der Waals surface area (Å²) in [7, 11) is 1.53. The van der Waals surface area contributed by atoms with Crippen molar-refractivity contribution in [2.75, 3.05) is 7.05 Å². The lowest BCUT2D eigenvalue weighted by Crippen LogP contribution is -2.36. The van der Waals surface area contributed by atoms with Crippen molar-refractivity contribution in [3.8, 4) is 0 Å². The molecule has 1 heterocycles. The standard InChI is InChI=1S/C13H14ClN3O2/c1-8(12(18)15-2)17-11(7-14)16-10-6-4-3-5-9(10)13(17)19/h3-6,8H,7H2,1-2H3,(H,15,18). The van der Waals surface area contributed by atoms with Crippen LogP contribution in [0.15, 0.2) is 29.1 Å². The van der Waals surface area contributed by atoms with Crippen molar-refractivity contribution in [1.82, 2.24) is 14.9 Å². The number of halogens is 1. The highest BCUT2D eigenvalue weighted by atomic mass is 35.5. The topological polar surface area (TPSA) is 64.0 Å². The number of likely N-dealkylation sites (N-methyl/N-ethyl adjacent to an activating group) is 1. The second-order valence-corrected chi connectivity index (χ2v) is 4.41. The molecule has 0 saturated heterocycles. The van der Waals surface area contributed by atoms with Crippen molar-refractivity contribution in [1.29, 1.82) is 0 Å². The molecule has 100 valence electrons. The number of hydrogen-bond acceptors (Lipinski definition) is 3. The van der Waals surface area contributed by atoms with Crippen LogP contribution in [0.2, 0.25) is 0 Å². The molecule has 0 saturated carbocycles. The minimum Gasteiger partial charge on any atom is -0.357 e. The number of benzene rings is 1. The summed E-state index contributed by atoms with van der Waals surface area (Å²) in [5.41, 5.74) is 0.334. The molecule has 1 N–H and O–H groups in total. The summed E-state index contributed by atoms with van der Waals surface area (Å²) >= 11 is 5.84. The van der Waals surface area contributed by atoms with Crippen molar-refractivity contribution >= 4 is 28.4 Å². The first-order chi connectivity index (χ1) is 9.10. The van der Waals surface area contributed by atoms with Crippen LogP contribution in [-0.4, -0.2) is 22.5 Å². The molecule has 0 fully saturated rings. The lowest BCUT2D eigenvalue weighted by atomic mass is 10.2. The molecule has 5 nitrogen and oxygen atoms in total. The fourth-order valence-corrected chi connectivity index (χ4v) is 2.20. The van der Waals surface area contributed by atoms with Gasteiger partial charge in [-0.05, 0) is 19.1 Å². The number of para-hydroxylation sites is 1. The van der Waals surface area contributed by atoms with E-state index in [0.29, 0.717) is 16.7 Å². The summed E-state index contributed by atoms with van der Waals surface area (Å²) in [6.07, 6.45) is 0. The van der Waals surface area contributed by atoms with Crippen molar-refractivity contribution in [2.45, 2.75) is 18.8 Å². The van der Waals surface area contributed by atoms with Crippen LogP contribution in [0.4, 0.5) is 0 Å². The molecule has 6 heteroatoms. The van der Waals surface area contributed by atoms with Gasteiger partial charge in [0.1, 0.15) is 11.9 Å². The fourth-order valence-electron chi connectivity index (χ4n) is 2.01. The number of fused-ring (bicyclic) bond motifs is 1. The van der Waals surface area contributed by atoms with E-state index < -0.39 is 6.04 Å². The number of amides is 1. The molecule has 2 rings (SSSR count). The Morgan fingerprint density at radius 1 is 1.47 bits per heavy atom. The average Bonchev–Trinajstić information content (AvgIpc) is 2.45. The van der Waals surface area contributed by atoms with E-state index >= 15 is 0 Å². The van der Waals surface area contributed by atoms with E-state index in [9.17, 15) is 9.59 Å². The summed E-state index contributed by atoms with van der Waals surface area (Å²) in [5, 5.41) is 3.00. The molecule has 1 aromatic carbocycles. The molecule has 1 amide bonds. The van der Waals surface area contributed by atoms with E-state index in [-0.39, 0.29) is 17.3 Å². The van der Waals surface area contributed by atoms with Crippen LogP contribution in [0.1, 0.15) is 18.8 Å². The van der Waals surface area contributed by atoms with E-state index in [1.807, 2.05) is 0 Å². The largest absolute Gasteiger partial charge is 0.357 e. The SMILES string of the molecule is CNC(=O)C(C)n1c(CCl)nc2ccccc2c1=O. The molecule has 1 atom stereocenters. The summed E-state index contributed by atoms with van der Waals surface area (Å²) in [6, 6.07) is 6.36. The van der Waals surface area contributed by atoms with Gasteiger partial charge in [0.05, 0.1) is 16.8 Å². The maximum Gasteiger partial charge on any atom is 0.262 e. The Labute approximate surface area is 115 Å². The highest BCUT2D eigenvalue weighted by Crippen LogP contribution is 2.13. The lowest BCUT2D eigenvalue weighted by molar-refractivity contribution is -0.123.